The number of esters is 2. The van der Waals surface area contributed by atoms with Gasteiger partial charge in [0.15, 0.2) is 0 Å². The van der Waals surface area contributed by atoms with Crippen molar-refractivity contribution in [3.8, 4) is 23.0 Å². The molecular weight excluding hydrogens is 905 g/mol. The van der Waals surface area contributed by atoms with Gasteiger partial charge in [0.1, 0.15) is 23.0 Å². The van der Waals surface area contributed by atoms with Crippen LogP contribution in [0.15, 0.2) is 107 Å². The second kappa shape index (κ2) is 41.1. The van der Waals surface area contributed by atoms with E-state index in [1.54, 1.807) is 36.7 Å². The zero-order valence-corrected chi connectivity index (χ0v) is 45.5. The molecule has 73 heavy (non-hydrogen) atoms. The maximum absolute atomic E-state index is 12.5. The lowest BCUT2D eigenvalue weighted by molar-refractivity contribution is -0.134. The van der Waals surface area contributed by atoms with Gasteiger partial charge < -0.3 is 18.9 Å². The van der Waals surface area contributed by atoms with Crippen molar-refractivity contribution < 1.29 is 28.5 Å². The fourth-order valence-electron chi connectivity index (χ4n) is 8.85. The SMILES string of the molecule is CCCCCCCCCCCCCCCCOc1ccc(N=Cc2ccc(OC(=O)CCCCCC(=O)Oc3ccc(C=Nc4ccc(OCCCCCCCCCCCCCCCC)cc4)cc3)cc2)cc1. The quantitative estimate of drug-likeness (QED) is 0.0190. The van der Waals surface area contributed by atoms with E-state index in [2.05, 4.69) is 23.8 Å². The van der Waals surface area contributed by atoms with Crippen molar-refractivity contribution in [3.05, 3.63) is 108 Å². The summed E-state index contributed by atoms with van der Waals surface area (Å²) < 4.78 is 23.0. The van der Waals surface area contributed by atoms with Gasteiger partial charge in [0.05, 0.1) is 24.6 Å². The normalized spacial score (nSPS) is 11.4. The molecule has 0 saturated carbocycles. The number of nitrogens with zero attached hydrogens (tertiary/aromatic N) is 2. The number of carbonyl (C=O) groups is 2. The van der Waals surface area contributed by atoms with Crippen LogP contribution in [0.2, 0.25) is 0 Å². The summed E-state index contributed by atoms with van der Waals surface area (Å²) >= 11 is 0. The molecule has 0 unspecified atom stereocenters. The largest absolute Gasteiger partial charge is 0.494 e. The predicted molar refractivity (Wildman–Crippen MR) is 306 cm³/mol. The van der Waals surface area contributed by atoms with Gasteiger partial charge in [-0.25, -0.2) is 0 Å². The molecule has 0 atom stereocenters. The van der Waals surface area contributed by atoms with Gasteiger partial charge in [-0.1, -0.05) is 187 Å². The summed E-state index contributed by atoms with van der Waals surface area (Å²) in [5.74, 6) is 2.14. The monoisotopic (exact) mass is 999 g/mol. The highest BCUT2D eigenvalue weighted by Gasteiger charge is 2.09. The molecule has 0 aromatic heterocycles. The van der Waals surface area contributed by atoms with Crippen LogP contribution in [0.1, 0.15) is 237 Å². The maximum Gasteiger partial charge on any atom is 0.311 e. The van der Waals surface area contributed by atoms with Crippen LogP contribution in [0.3, 0.4) is 0 Å². The summed E-state index contributed by atoms with van der Waals surface area (Å²) in [6, 6.07) is 30.4. The predicted octanol–water partition coefficient (Wildman–Crippen LogP) is 19.4. The summed E-state index contributed by atoms with van der Waals surface area (Å²) in [5.41, 5.74) is 3.50. The highest BCUT2D eigenvalue weighted by atomic mass is 16.5. The third kappa shape index (κ3) is 31.2. The van der Waals surface area contributed by atoms with Crippen molar-refractivity contribution in [2.45, 2.75) is 226 Å². The average molecular weight is 999 g/mol. The topological polar surface area (TPSA) is 95.8 Å². The van der Waals surface area contributed by atoms with E-state index in [0.717, 1.165) is 60.1 Å². The number of rotatable bonds is 44. The van der Waals surface area contributed by atoms with Crippen LogP contribution in [-0.2, 0) is 9.59 Å². The van der Waals surface area contributed by atoms with Gasteiger partial charge in [0.2, 0.25) is 0 Å². The van der Waals surface area contributed by atoms with E-state index >= 15 is 0 Å². The van der Waals surface area contributed by atoms with Gasteiger partial charge in [-0.05, 0) is 134 Å². The lowest BCUT2D eigenvalue weighted by Crippen LogP contribution is -2.09. The number of ether oxygens (including phenoxy) is 4. The highest BCUT2D eigenvalue weighted by Crippen LogP contribution is 2.23. The van der Waals surface area contributed by atoms with Crippen LogP contribution in [0.25, 0.3) is 0 Å². The van der Waals surface area contributed by atoms with E-state index < -0.39 is 0 Å². The molecule has 0 N–H and O–H groups in total. The number of unbranched alkanes of at least 4 members (excludes halogenated alkanes) is 28. The van der Waals surface area contributed by atoms with Crippen LogP contribution in [0.4, 0.5) is 11.4 Å². The van der Waals surface area contributed by atoms with E-state index in [-0.39, 0.29) is 24.8 Å². The molecule has 0 aliphatic rings. The molecule has 0 bridgehead atoms. The molecule has 0 saturated heterocycles. The molecule has 0 aliphatic heterocycles. The fraction of sp³-hybridized carbons (Fsp3) is 0.569. The first-order chi connectivity index (χ1) is 36.0. The zero-order valence-electron chi connectivity index (χ0n) is 45.5. The number of hydrogen-bond donors (Lipinski definition) is 0. The lowest BCUT2D eigenvalue weighted by Gasteiger charge is -2.07. The van der Waals surface area contributed by atoms with Gasteiger partial charge in [-0.3, -0.25) is 19.6 Å². The van der Waals surface area contributed by atoms with Crippen LogP contribution < -0.4 is 18.9 Å². The first-order valence-corrected chi connectivity index (χ1v) is 29.2. The second-order valence-electron chi connectivity index (χ2n) is 20.0. The van der Waals surface area contributed by atoms with Crippen LogP contribution in [-0.4, -0.2) is 37.6 Å². The van der Waals surface area contributed by atoms with E-state index in [4.69, 9.17) is 18.9 Å². The van der Waals surface area contributed by atoms with E-state index in [1.165, 1.54) is 167 Å². The molecule has 0 amide bonds. The molecule has 0 aliphatic carbocycles. The Balaban J connectivity index is 0.962. The molecular formula is C65H94N2O6. The fourth-order valence-corrected chi connectivity index (χ4v) is 8.85. The number of benzene rings is 4. The minimum atomic E-state index is -0.295. The molecule has 8 nitrogen and oxygen atoms in total. The van der Waals surface area contributed by atoms with Gasteiger partial charge in [0, 0.05) is 25.3 Å². The molecule has 8 heteroatoms. The van der Waals surface area contributed by atoms with Gasteiger partial charge >= 0.3 is 11.9 Å². The number of hydrogen-bond acceptors (Lipinski definition) is 8. The first-order valence-electron chi connectivity index (χ1n) is 29.2. The standard InChI is InChI=1S/C65H94N2O6/c1-3-5-7-9-11-13-15-17-19-21-23-25-27-32-52-70-60-48-40-58(41-49-60)66-54-56-36-44-62(45-37-56)72-64(68)34-30-29-31-35-65(69)73-63-46-38-57(39-47-63)55-67-59-42-50-61(51-43-59)71-53-33-28-26-24-22-20-18-16-14-12-10-8-6-4-2/h36-51,54-55H,3-35,52-53H2,1-2H3. The minimum Gasteiger partial charge on any atom is -0.494 e. The van der Waals surface area contributed by atoms with Crippen molar-refractivity contribution in [2.24, 2.45) is 9.98 Å². The summed E-state index contributed by atoms with van der Waals surface area (Å²) in [6.07, 6.45) is 43.9. The molecule has 4 rings (SSSR count). The Morgan fingerprint density at radius 1 is 0.329 bits per heavy atom. The number of carbonyl (C=O) groups excluding carboxylic acids is 2. The van der Waals surface area contributed by atoms with Gasteiger partial charge in [-0.15, -0.1) is 0 Å². The van der Waals surface area contributed by atoms with Crippen molar-refractivity contribution >= 4 is 35.7 Å². The molecule has 400 valence electrons. The maximum atomic E-state index is 12.5. The smallest absolute Gasteiger partial charge is 0.311 e. The Bertz CT molecular complexity index is 1880. The Hall–Kier alpha value is -5.24. The summed E-state index contributed by atoms with van der Waals surface area (Å²) in [7, 11) is 0. The third-order valence-corrected chi connectivity index (χ3v) is 13.4. The number of aliphatic imine (C=N–C) groups is 2. The van der Waals surface area contributed by atoms with Gasteiger partial charge in [-0.2, -0.15) is 0 Å². The van der Waals surface area contributed by atoms with Gasteiger partial charge in [0.25, 0.3) is 0 Å². The van der Waals surface area contributed by atoms with Crippen molar-refractivity contribution in [1.82, 2.24) is 0 Å². The van der Waals surface area contributed by atoms with E-state index in [9.17, 15) is 9.59 Å². The Morgan fingerprint density at radius 3 is 0.890 bits per heavy atom. The minimum absolute atomic E-state index is 0.276. The third-order valence-electron chi connectivity index (χ3n) is 13.4. The molecule has 0 radical (unpaired) electrons. The van der Waals surface area contributed by atoms with Crippen molar-refractivity contribution in [2.75, 3.05) is 13.2 Å². The summed E-state index contributed by atoms with van der Waals surface area (Å²) in [6.45, 7) is 6.05. The molecule has 0 spiro atoms. The molecule has 4 aromatic rings. The summed E-state index contributed by atoms with van der Waals surface area (Å²) in [5, 5.41) is 0. The van der Waals surface area contributed by atoms with Crippen LogP contribution in [0, 0.1) is 0 Å². The lowest BCUT2D eigenvalue weighted by atomic mass is 10.0. The van der Waals surface area contributed by atoms with Crippen molar-refractivity contribution in [3.63, 3.8) is 0 Å². The van der Waals surface area contributed by atoms with Crippen molar-refractivity contribution in [1.29, 1.82) is 0 Å². The average Bonchev–Trinajstić information content (AvgIpc) is 3.41. The zero-order chi connectivity index (χ0) is 51.5. The van der Waals surface area contributed by atoms with E-state index in [0.29, 0.717) is 30.8 Å². The van der Waals surface area contributed by atoms with Crippen LogP contribution >= 0.6 is 0 Å². The second-order valence-corrected chi connectivity index (χ2v) is 20.0. The Morgan fingerprint density at radius 2 is 0.589 bits per heavy atom. The Kier molecular flexibility index (Phi) is 34.0. The molecule has 0 fully saturated rings. The first kappa shape index (κ1) is 60.3. The Labute approximate surface area is 442 Å². The summed E-state index contributed by atoms with van der Waals surface area (Å²) in [4.78, 5) is 34.2. The highest BCUT2D eigenvalue weighted by molar-refractivity contribution is 5.83. The van der Waals surface area contributed by atoms with E-state index in [1.807, 2.05) is 72.8 Å². The van der Waals surface area contributed by atoms with Crippen LogP contribution in [0.5, 0.6) is 23.0 Å². The molecule has 4 aromatic carbocycles. The molecule has 0 heterocycles.